The minimum atomic E-state index is -0.250. The number of hydrogen-bond acceptors (Lipinski definition) is 5. The summed E-state index contributed by atoms with van der Waals surface area (Å²) in [5.74, 6) is 2.22. The van der Waals surface area contributed by atoms with Gasteiger partial charge in [0, 0.05) is 38.3 Å². The normalized spacial score (nSPS) is 14.2. The molecule has 0 aliphatic carbocycles. The van der Waals surface area contributed by atoms with Crippen molar-refractivity contribution in [3.8, 4) is 11.5 Å². The highest BCUT2D eigenvalue weighted by atomic mass is 127. The standard InChI is InChI=1S/C19H30N4O4.HI/c1-5-20-18(22-10-12-23(13-11-22)19(24)27-6-2)21-14-15-8-7-9-16(25-3)17(15)26-4;/h7-9H,5-6,10-14H2,1-4H3,(H,20,21);1H. The van der Waals surface area contributed by atoms with Crippen LogP contribution in [-0.2, 0) is 11.3 Å². The first-order valence-corrected chi connectivity index (χ1v) is 9.29. The van der Waals surface area contributed by atoms with Crippen LogP contribution in [0.25, 0.3) is 0 Å². The Balaban J connectivity index is 0.00000392. The van der Waals surface area contributed by atoms with Gasteiger partial charge in [0.05, 0.1) is 27.4 Å². The van der Waals surface area contributed by atoms with Gasteiger partial charge in [0.2, 0.25) is 0 Å². The minimum absolute atomic E-state index is 0. The molecule has 1 heterocycles. The van der Waals surface area contributed by atoms with Crippen molar-refractivity contribution in [2.75, 3.05) is 53.6 Å². The first-order valence-electron chi connectivity index (χ1n) is 9.29. The van der Waals surface area contributed by atoms with Crippen LogP contribution >= 0.6 is 24.0 Å². The Hall–Kier alpha value is -1.91. The summed E-state index contributed by atoms with van der Waals surface area (Å²) in [6.07, 6.45) is -0.250. The van der Waals surface area contributed by atoms with Crippen LogP contribution in [-0.4, -0.2) is 75.4 Å². The highest BCUT2D eigenvalue weighted by Gasteiger charge is 2.23. The second kappa shape index (κ2) is 12.5. The summed E-state index contributed by atoms with van der Waals surface area (Å²) in [6, 6.07) is 5.77. The summed E-state index contributed by atoms with van der Waals surface area (Å²) in [7, 11) is 3.25. The molecule has 0 saturated carbocycles. The molecule has 1 aliphatic heterocycles. The molecule has 1 aromatic carbocycles. The molecular formula is C19H31IN4O4. The topological polar surface area (TPSA) is 75.6 Å². The third-order valence-corrected chi connectivity index (χ3v) is 4.32. The van der Waals surface area contributed by atoms with E-state index in [2.05, 4.69) is 10.2 Å². The van der Waals surface area contributed by atoms with Crippen molar-refractivity contribution >= 4 is 36.0 Å². The van der Waals surface area contributed by atoms with Crippen molar-refractivity contribution in [2.24, 2.45) is 4.99 Å². The molecule has 8 nitrogen and oxygen atoms in total. The van der Waals surface area contributed by atoms with Gasteiger partial charge in [-0.25, -0.2) is 9.79 Å². The first kappa shape index (κ1) is 24.1. The first-order chi connectivity index (χ1) is 13.1. The molecular weight excluding hydrogens is 475 g/mol. The van der Waals surface area contributed by atoms with E-state index in [1.54, 1.807) is 19.1 Å². The van der Waals surface area contributed by atoms with Crippen LogP contribution in [0, 0.1) is 0 Å². The lowest BCUT2D eigenvalue weighted by Gasteiger charge is -2.35. The third-order valence-electron chi connectivity index (χ3n) is 4.32. The zero-order valence-corrected chi connectivity index (χ0v) is 19.4. The molecule has 0 unspecified atom stereocenters. The number of benzene rings is 1. The van der Waals surface area contributed by atoms with Gasteiger partial charge in [-0.05, 0) is 19.9 Å². The largest absolute Gasteiger partial charge is 0.493 e. The van der Waals surface area contributed by atoms with Gasteiger partial charge in [-0.3, -0.25) is 0 Å². The molecule has 1 N–H and O–H groups in total. The van der Waals surface area contributed by atoms with Crippen molar-refractivity contribution in [2.45, 2.75) is 20.4 Å². The van der Waals surface area contributed by atoms with E-state index in [1.165, 1.54) is 0 Å². The fourth-order valence-corrected chi connectivity index (χ4v) is 2.98. The Morgan fingerprint density at radius 3 is 2.36 bits per heavy atom. The van der Waals surface area contributed by atoms with Gasteiger partial charge in [-0.15, -0.1) is 24.0 Å². The molecule has 0 aromatic heterocycles. The molecule has 1 aliphatic rings. The van der Waals surface area contributed by atoms with Gasteiger partial charge >= 0.3 is 6.09 Å². The summed E-state index contributed by atoms with van der Waals surface area (Å²) in [5.41, 5.74) is 0.956. The number of piperazine rings is 1. The number of para-hydroxylation sites is 1. The Morgan fingerprint density at radius 1 is 1.11 bits per heavy atom. The zero-order chi connectivity index (χ0) is 19.6. The lowest BCUT2D eigenvalue weighted by molar-refractivity contribution is 0.0914. The minimum Gasteiger partial charge on any atom is -0.493 e. The van der Waals surface area contributed by atoms with E-state index in [9.17, 15) is 4.79 Å². The van der Waals surface area contributed by atoms with E-state index in [1.807, 2.05) is 32.0 Å². The average molecular weight is 506 g/mol. The highest BCUT2D eigenvalue weighted by molar-refractivity contribution is 14.0. The second-order valence-corrected chi connectivity index (χ2v) is 6.00. The van der Waals surface area contributed by atoms with E-state index in [0.29, 0.717) is 50.8 Å². The predicted molar refractivity (Wildman–Crippen MR) is 120 cm³/mol. The molecule has 0 bridgehead atoms. The van der Waals surface area contributed by atoms with Gasteiger partial charge in [-0.1, -0.05) is 12.1 Å². The Morgan fingerprint density at radius 2 is 1.79 bits per heavy atom. The Labute approximate surface area is 184 Å². The molecule has 0 atom stereocenters. The third kappa shape index (κ3) is 6.32. The van der Waals surface area contributed by atoms with Crippen LogP contribution in [0.1, 0.15) is 19.4 Å². The number of amides is 1. The number of methoxy groups -OCH3 is 2. The van der Waals surface area contributed by atoms with Gasteiger partial charge in [0.1, 0.15) is 0 Å². The number of ether oxygens (including phenoxy) is 3. The maximum atomic E-state index is 11.9. The molecule has 2 rings (SSSR count). The van der Waals surface area contributed by atoms with Crippen molar-refractivity contribution < 1.29 is 19.0 Å². The quantitative estimate of drug-likeness (QED) is 0.363. The van der Waals surface area contributed by atoms with E-state index in [0.717, 1.165) is 18.1 Å². The molecule has 1 aromatic rings. The SMILES string of the molecule is CCNC(=NCc1cccc(OC)c1OC)N1CCN(C(=O)OCC)CC1.I. The summed E-state index contributed by atoms with van der Waals surface area (Å²) in [6.45, 7) is 8.14. The van der Waals surface area contributed by atoms with Gasteiger partial charge in [-0.2, -0.15) is 0 Å². The van der Waals surface area contributed by atoms with Crippen molar-refractivity contribution in [3.63, 3.8) is 0 Å². The maximum absolute atomic E-state index is 11.9. The predicted octanol–water partition coefficient (Wildman–Crippen LogP) is 2.56. The van der Waals surface area contributed by atoms with Gasteiger partial charge in [0.25, 0.3) is 0 Å². The van der Waals surface area contributed by atoms with E-state index in [-0.39, 0.29) is 30.1 Å². The fourth-order valence-electron chi connectivity index (χ4n) is 2.98. The Kier molecular flexibility index (Phi) is 10.8. The molecule has 158 valence electrons. The number of aliphatic imine (C=N–C) groups is 1. The molecule has 9 heteroatoms. The van der Waals surface area contributed by atoms with Crippen molar-refractivity contribution in [3.05, 3.63) is 23.8 Å². The van der Waals surface area contributed by atoms with E-state index < -0.39 is 0 Å². The number of guanidine groups is 1. The number of halogens is 1. The molecule has 0 radical (unpaired) electrons. The second-order valence-electron chi connectivity index (χ2n) is 6.00. The van der Waals surface area contributed by atoms with Gasteiger partial charge in [0.15, 0.2) is 17.5 Å². The number of nitrogens with zero attached hydrogens (tertiary/aromatic N) is 3. The molecule has 1 fully saturated rings. The number of hydrogen-bond donors (Lipinski definition) is 1. The van der Waals surface area contributed by atoms with Gasteiger partial charge < -0.3 is 29.3 Å². The number of carbonyl (C=O) groups excluding carboxylic acids is 1. The Bertz CT molecular complexity index is 649. The van der Waals surface area contributed by atoms with E-state index in [4.69, 9.17) is 19.2 Å². The lowest BCUT2D eigenvalue weighted by atomic mass is 10.2. The number of rotatable bonds is 6. The lowest BCUT2D eigenvalue weighted by Crippen LogP contribution is -2.53. The number of nitrogens with one attached hydrogen (secondary N) is 1. The van der Waals surface area contributed by atoms with Crippen LogP contribution in [0.2, 0.25) is 0 Å². The van der Waals surface area contributed by atoms with Crippen LogP contribution in [0.5, 0.6) is 11.5 Å². The molecule has 0 spiro atoms. The molecule has 1 saturated heterocycles. The summed E-state index contributed by atoms with van der Waals surface area (Å²) in [5, 5.41) is 3.33. The van der Waals surface area contributed by atoms with Crippen molar-refractivity contribution in [1.82, 2.24) is 15.1 Å². The van der Waals surface area contributed by atoms with Crippen LogP contribution in [0.4, 0.5) is 4.79 Å². The maximum Gasteiger partial charge on any atom is 0.409 e. The summed E-state index contributed by atoms with van der Waals surface area (Å²) in [4.78, 5) is 20.5. The summed E-state index contributed by atoms with van der Waals surface area (Å²) >= 11 is 0. The zero-order valence-electron chi connectivity index (χ0n) is 17.1. The highest BCUT2D eigenvalue weighted by Crippen LogP contribution is 2.31. The van der Waals surface area contributed by atoms with E-state index >= 15 is 0 Å². The fraction of sp³-hybridized carbons (Fsp3) is 0.579. The van der Waals surface area contributed by atoms with Crippen molar-refractivity contribution in [1.29, 1.82) is 0 Å². The monoisotopic (exact) mass is 506 g/mol. The summed E-state index contributed by atoms with van der Waals surface area (Å²) < 4.78 is 15.9. The average Bonchev–Trinajstić information content (AvgIpc) is 2.71. The van der Waals surface area contributed by atoms with Crippen LogP contribution in [0.15, 0.2) is 23.2 Å². The smallest absolute Gasteiger partial charge is 0.409 e. The van der Waals surface area contributed by atoms with Crippen LogP contribution < -0.4 is 14.8 Å². The van der Waals surface area contributed by atoms with Crippen LogP contribution in [0.3, 0.4) is 0 Å². The molecule has 28 heavy (non-hydrogen) atoms. The number of carbonyl (C=O) groups is 1. The molecule has 1 amide bonds.